The van der Waals surface area contributed by atoms with Gasteiger partial charge in [-0.15, -0.1) is 0 Å². The van der Waals surface area contributed by atoms with Crippen molar-refractivity contribution in [2.75, 3.05) is 14.2 Å². The maximum absolute atomic E-state index is 5.36. The summed E-state index contributed by atoms with van der Waals surface area (Å²) >= 11 is 0. The topological polar surface area (TPSA) is 30.5 Å². The SMILES string of the molecule is COc1ccc(CNC2CCC(C(C)C)CC2)cc1OC. The van der Waals surface area contributed by atoms with Crippen LogP contribution in [0.15, 0.2) is 18.2 Å². The Kier molecular flexibility index (Phi) is 5.92. The molecule has 0 amide bonds. The second-order valence-electron chi connectivity index (χ2n) is 6.43. The Hall–Kier alpha value is -1.22. The fourth-order valence-corrected chi connectivity index (χ4v) is 3.24. The summed E-state index contributed by atoms with van der Waals surface area (Å²) < 4.78 is 10.6. The van der Waals surface area contributed by atoms with Crippen LogP contribution >= 0.6 is 0 Å². The lowest BCUT2D eigenvalue weighted by Crippen LogP contribution is -2.33. The first kappa shape index (κ1) is 16.2. The monoisotopic (exact) mass is 291 g/mol. The van der Waals surface area contributed by atoms with Crippen molar-refractivity contribution in [2.24, 2.45) is 11.8 Å². The lowest BCUT2D eigenvalue weighted by atomic mass is 9.80. The van der Waals surface area contributed by atoms with Gasteiger partial charge in [0.2, 0.25) is 0 Å². The third kappa shape index (κ3) is 4.37. The van der Waals surface area contributed by atoms with Crippen LogP contribution in [-0.4, -0.2) is 20.3 Å². The summed E-state index contributed by atoms with van der Waals surface area (Å²) in [4.78, 5) is 0. The van der Waals surface area contributed by atoms with Crippen molar-refractivity contribution in [3.63, 3.8) is 0 Å². The highest BCUT2D eigenvalue weighted by atomic mass is 16.5. The highest BCUT2D eigenvalue weighted by Gasteiger charge is 2.22. The third-order valence-electron chi connectivity index (χ3n) is 4.76. The van der Waals surface area contributed by atoms with Crippen LogP contribution in [0.25, 0.3) is 0 Å². The Bertz CT molecular complexity index is 437. The van der Waals surface area contributed by atoms with E-state index in [-0.39, 0.29) is 0 Å². The van der Waals surface area contributed by atoms with Crippen LogP contribution in [0.3, 0.4) is 0 Å². The lowest BCUT2D eigenvalue weighted by molar-refractivity contribution is 0.238. The molecule has 118 valence electrons. The first-order chi connectivity index (χ1) is 10.1. The molecule has 0 saturated heterocycles. The van der Waals surface area contributed by atoms with Crippen LogP contribution in [0.2, 0.25) is 0 Å². The number of methoxy groups -OCH3 is 2. The van der Waals surface area contributed by atoms with E-state index in [9.17, 15) is 0 Å². The number of hydrogen-bond donors (Lipinski definition) is 1. The Morgan fingerprint density at radius 2 is 1.71 bits per heavy atom. The van der Waals surface area contributed by atoms with E-state index in [4.69, 9.17) is 9.47 Å². The molecule has 0 bridgehead atoms. The van der Waals surface area contributed by atoms with Gasteiger partial charge in [0.1, 0.15) is 0 Å². The number of rotatable bonds is 6. The molecular formula is C18H29NO2. The van der Waals surface area contributed by atoms with E-state index in [1.54, 1.807) is 14.2 Å². The van der Waals surface area contributed by atoms with Crippen molar-refractivity contribution in [1.82, 2.24) is 5.32 Å². The Labute approximate surface area is 129 Å². The summed E-state index contributed by atoms with van der Waals surface area (Å²) in [5.41, 5.74) is 1.25. The van der Waals surface area contributed by atoms with Gasteiger partial charge < -0.3 is 14.8 Å². The van der Waals surface area contributed by atoms with Crippen LogP contribution in [-0.2, 0) is 6.54 Å². The van der Waals surface area contributed by atoms with Gasteiger partial charge in [-0.2, -0.15) is 0 Å². The molecular weight excluding hydrogens is 262 g/mol. The molecule has 3 heteroatoms. The molecule has 1 saturated carbocycles. The molecule has 0 spiro atoms. The van der Waals surface area contributed by atoms with E-state index >= 15 is 0 Å². The fraction of sp³-hybridized carbons (Fsp3) is 0.667. The van der Waals surface area contributed by atoms with Crippen LogP contribution in [0, 0.1) is 11.8 Å². The Morgan fingerprint density at radius 1 is 1.05 bits per heavy atom. The molecule has 0 heterocycles. The molecule has 0 radical (unpaired) electrons. The minimum absolute atomic E-state index is 0.660. The first-order valence-electron chi connectivity index (χ1n) is 8.08. The van der Waals surface area contributed by atoms with E-state index in [0.29, 0.717) is 6.04 Å². The summed E-state index contributed by atoms with van der Waals surface area (Å²) in [5, 5.41) is 3.69. The van der Waals surface area contributed by atoms with Gasteiger partial charge in [-0.3, -0.25) is 0 Å². The molecule has 0 atom stereocenters. The highest BCUT2D eigenvalue weighted by Crippen LogP contribution is 2.30. The van der Waals surface area contributed by atoms with Gasteiger partial charge in [-0.1, -0.05) is 19.9 Å². The van der Waals surface area contributed by atoms with Gasteiger partial charge in [-0.25, -0.2) is 0 Å². The number of benzene rings is 1. The number of nitrogens with one attached hydrogen (secondary N) is 1. The average molecular weight is 291 g/mol. The Morgan fingerprint density at radius 3 is 2.29 bits per heavy atom. The molecule has 1 fully saturated rings. The molecule has 3 nitrogen and oxygen atoms in total. The minimum atomic E-state index is 0.660. The number of hydrogen-bond acceptors (Lipinski definition) is 3. The quantitative estimate of drug-likeness (QED) is 0.859. The maximum Gasteiger partial charge on any atom is 0.161 e. The van der Waals surface area contributed by atoms with Crippen LogP contribution in [0.5, 0.6) is 11.5 Å². The summed E-state index contributed by atoms with van der Waals surface area (Å²) in [6, 6.07) is 6.80. The molecule has 0 aliphatic heterocycles. The summed E-state index contributed by atoms with van der Waals surface area (Å²) in [6.45, 7) is 5.60. The van der Waals surface area contributed by atoms with Gasteiger partial charge in [0.15, 0.2) is 11.5 Å². The van der Waals surface area contributed by atoms with Crippen LogP contribution < -0.4 is 14.8 Å². The van der Waals surface area contributed by atoms with Crippen LogP contribution in [0.1, 0.15) is 45.1 Å². The van der Waals surface area contributed by atoms with Crippen molar-refractivity contribution in [1.29, 1.82) is 0 Å². The molecule has 1 aromatic carbocycles. The van der Waals surface area contributed by atoms with Crippen molar-refractivity contribution in [2.45, 2.75) is 52.1 Å². The predicted molar refractivity (Wildman–Crippen MR) is 87.0 cm³/mol. The van der Waals surface area contributed by atoms with Gasteiger partial charge in [-0.05, 0) is 55.2 Å². The number of ether oxygens (including phenoxy) is 2. The molecule has 0 unspecified atom stereocenters. The van der Waals surface area contributed by atoms with Crippen molar-refractivity contribution < 1.29 is 9.47 Å². The molecule has 1 aliphatic carbocycles. The van der Waals surface area contributed by atoms with E-state index < -0.39 is 0 Å². The van der Waals surface area contributed by atoms with Gasteiger partial charge in [0.05, 0.1) is 14.2 Å². The maximum atomic E-state index is 5.36. The summed E-state index contributed by atoms with van der Waals surface area (Å²) in [6.07, 6.45) is 5.33. The van der Waals surface area contributed by atoms with E-state index in [0.717, 1.165) is 29.9 Å². The lowest BCUT2D eigenvalue weighted by Gasteiger charge is -2.31. The van der Waals surface area contributed by atoms with E-state index in [2.05, 4.69) is 31.3 Å². The van der Waals surface area contributed by atoms with Crippen molar-refractivity contribution >= 4 is 0 Å². The van der Waals surface area contributed by atoms with Gasteiger partial charge in [0.25, 0.3) is 0 Å². The minimum Gasteiger partial charge on any atom is -0.493 e. The third-order valence-corrected chi connectivity index (χ3v) is 4.76. The fourth-order valence-electron chi connectivity index (χ4n) is 3.24. The standard InChI is InChI=1S/C18H29NO2/c1-13(2)15-6-8-16(9-7-15)19-12-14-5-10-17(20-3)18(11-14)21-4/h5,10-11,13,15-16,19H,6-9,12H2,1-4H3. The molecule has 0 aromatic heterocycles. The average Bonchev–Trinajstić information content (AvgIpc) is 2.52. The van der Waals surface area contributed by atoms with Gasteiger partial charge >= 0.3 is 0 Å². The smallest absolute Gasteiger partial charge is 0.161 e. The Balaban J connectivity index is 1.84. The normalized spacial score (nSPS) is 22.3. The van der Waals surface area contributed by atoms with E-state index in [1.807, 2.05) is 6.07 Å². The van der Waals surface area contributed by atoms with Crippen LogP contribution in [0.4, 0.5) is 0 Å². The molecule has 1 aliphatic rings. The predicted octanol–water partition coefficient (Wildman–Crippen LogP) is 4.01. The second-order valence-corrected chi connectivity index (χ2v) is 6.43. The van der Waals surface area contributed by atoms with Gasteiger partial charge in [0, 0.05) is 12.6 Å². The zero-order chi connectivity index (χ0) is 15.2. The van der Waals surface area contributed by atoms with Crippen molar-refractivity contribution in [3.05, 3.63) is 23.8 Å². The second kappa shape index (κ2) is 7.69. The zero-order valence-electron chi connectivity index (χ0n) is 13.8. The highest BCUT2D eigenvalue weighted by molar-refractivity contribution is 5.42. The molecule has 2 rings (SSSR count). The van der Waals surface area contributed by atoms with Crippen molar-refractivity contribution in [3.8, 4) is 11.5 Å². The van der Waals surface area contributed by atoms with E-state index in [1.165, 1.54) is 31.2 Å². The molecule has 1 N–H and O–H groups in total. The summed E-state index contributed by atoms with van der Waals surface area (Å²) in [5.74, 6) is 3.35. The largest absolute Gasteiger partial charge is 0.493 e. The first-order valence-corrected chi connectivity index (χ1v) is 8.08. The zero-order valence-corrected chi connectivity index (χ0v) is 13.8. The summed E-state index contributed by atoms with van der Waals surface area (Å²) in [7, 11) is 3.35. The molecule has 21 heavy (non-hydrogen) atoms. The molecule has 1 aromatic rings.